The maximum absolute atomic E-state index is 13.1. The van der Waals surface area contributed by atoms with Gasteiger partial charge in [-0.25, -0.2) is 4.39 Å². The molecule has 0 bridgehead atoms. The molecule has 1 unspecified atom stereocenters. The average molecular weight is 392 g/mol. The summed E-state index contributed by atoms with van der Waals surface area (Å²) in [6, 6.07) is 0. The Hall–Kier alpha value is -0.510. The number of alkyl halides is 3. The van der Waals surface area contributed by atoms with E-state index in [-0.39, 0.29) is 12.4 Å². The minimum absolute atomic E-state index is 0.0405. The molecule has 0 amide bonds. The molecule has 23 heavy (non-hydrogen) atoms. The van der Waals surface area contributed by atoms with Gasteiger partial charge in [0.1, 0.15) is 13.2 Å². The molecule has 0 aromatic rings. The zero-order valence-corrected chi connectivity index (χ0v) is 14.2. The largest absolute Gasteiger partial charge is 0.392 e. The van der Waals surface area contributed by atoms with Gasteiger partial charge in [-0.3, -0.25) is 9.11 Å². The summed E-state index contributed by atoms with van der Waals surface area (Å²) in [7, 11) is -6.94. The smallest absolute Gasteiger partial charge is 0.384 e. The molecule has 0 aromatic carbocycles. The van der Waals surface area contributed by atoms with Gasteiger partial charge in [-0.1, -0.05) is 0 Å². The molecule has 0 aromatic heterocycles. The maximum Gasteiger partial charge on any atom is 0.392 e. The van der Waals surface area contributed by atoms with Gasteiger partial charge in [-0.2, -0.15) is 25.6 Å². The minimum atomic E-state index is -5.61. The van der Waals surface area contributed by atoms with E-state index in [9.17, 15) is 30.0 Å². The molecule has 2 N–H and O–H groups in total. The van der Waals surface area contributed by atoms with Crippen molar-refractivity contribution in [3.05, 3.63) is 0 Å². The normalized spacial score (nSPS) is 15.5. The first-order valence-electron chi connectivity index (χ1n) is 5.69. The van der Waals surface area contributed by atoms with Crippen LogP contribution >= 0.6 is 0 Å². The van der Waals surface area contributed by atoms with Crippen LogP contribution in [-0.4, -0.2) is 76.8 Å². The number of methoxy groups -OCH3 is 2. The fourth-order valence-electron chi connectivity index (χ4n) is 0.797. The van der Waals surface area contributed by atoms with Crippen molar-refractivity contribution in [2.75, 3.05) is 39.8 Å². The molecule has 0 spiro atoms. The van der Waals surface area contributed by atoms with Crippen LogP contribution < -0.4 is 0 Å². The fraction of sp³-hybridized carbons (Fsp3) is 1.00. The van der Waals surface area contributed by atoms with Crippen molar-refractivity contribution in [2.45, 2.75) is 18.0 Å². The van der Waals surface area contributed by atoms with E-state index in [0.29, 0.717) is 0 Å². The van der Waals surface area contributed by atoms with Gasteiger partial charge >= 0.3 is 15.4 Å². The van der Waals surface area contributed by atoms with Gasteiger partial charge in [0.25, 0.3) is 10.1 Å². The van der Waals surface area contributed by atoms with Crippen LogP contribution in [-0.2, 0) is 34.4 Å². The number of hydrogen-bond donors (Lipinski definition) is 2. The molecule has 14 heteroatoms. The second-order valence-electron chi connectivity index (χ2n) is 4.21. The summed E-state index contributed by atoms with van der Waals surface area (Å²) in [5, 5.41) is -4.55. The number of hydrogen-bond acceptors (Lipinski definition) is 7. The summed E-state index contributed by atoms with van der Waals surface area (Å²) < 4.78 is 107. The molecule has 142 valence electrons. The van der Waals surface area contributed by atoms with Crippen LogP contribution in [0.4, 0.5) is 13.2 Å². The molecule has 0 fully saturated rings. The van der Waals surface area contributed by atoms with Gasteiger partial charge in [-0.15, -0.1) is 0 Å². The average Bonchev–Trinajstić information content (AvgIpc) is 2.33. The highest BCUT2D eigenvalue weighted by Gasteiger charge is 2.46. The van der Waals surface area contributed by atoms with Crippen LogP contribution in [0.1, 0.15) is 6.92 Å². The Labute approximate surface area is 132 Å². The van der Waals surface area contributed by atoms with Gasteiger partial charge in [0.05, 0.1) is 12.4 Å². The van der Waals surface area contributed by atoms with E-state index >= 15 is 0 Å². The summed E-state index contributed by atoms with van der Waals surface area (Å²) in [5.41, 5.74) is 0. The zero-order chi connectivity index (χ0) is 18.9. The first-order valence-corrected chi connectivity index (χ1v) is 8.73. The summed E-state index contributed by atoms with van der Waals surface area (Å²) in [6.07, 6.45) is 0. The highest BCUT2D eigenvalue weighted by molar-refractivity contribution is 7.86. The Kier molecular flexibility index (Phi) is 10.4. The predicted octanol–water partition coefficient (Wildman–Crippen LogP) is 0.336. The van der Waals surface area contributed by atoms with Crippen molar-refractivity contribution in [2.24, 2.45) is 0 Å². The third-order valence-corrected chi connectivity index (χ3v) is 3.42. The first-order chi connectivity index (χ1) is 10.1. The van der Waals surface area contributed by atoms with Crippen LogP contribution in [0.2, 0.25) is 0 Å². The molecule has 0 saturated heterocycles. The van der Waals surface area contributed by atoms with Crippen LogP contribution in [0.25, 0.3) is 0 Å². The Bertz CT molecular complexity index is 530. The van der Waals surface area contributed by atoms with Gasteiger partial charge < -0.3 is 14.2 Å². The monoisotopic (exact) mass is 392 g/mol. The lowest BCUT2D eigenvalue weighted by Crippen LogP contribution is -2.39. The maximum atomic E-state index is 13.1. The molecule has 1 atom stereocenters. The van der Waals surface area contributed by atoms with E-state index in [1.807, 2.05) is 0 Å². The Balaban J connectivity index is 0. The second kappa shape index (κ2) is 9.71. The van der Waals surface area contributed by atoms with E-state index in [1.54, 1.807) is 0 Å². The van der Waals surface area contributed by atoms with E-state index in [1.165, 1.54) is 7.11 Å². The van der Waals surface area contributed by atoms with Gasteiger partial charge in [0.2, 0.25) is 5.85 Å². The minimum Gasteiger partial charge on any atom is -0.384 e. The van der Waals surface area contributed by atoms with Crippen molar-refractivity contribution in [3.8, 4) is 0 Å². The summed E-state index contributed by atoms with van der Waals surface area (Å²) in [6.45, 7) is -1.61. The molecule has 9 nitrogen and oxygen atoms in total. The Morgan fingerprint density at radius 2 is 1.43 bits per heavy atom. The van der Waals surface area contributed by atoms with Crippen molar-refractivity contribution < 1.29 is 53.3 Å². The highest BCUT2D eigenvalue weighted by Crippen LogP contribution is 2.24. The van der Waals surface area contributed by atoms with E-state index in [2.05, 4.69) is 14.2 Å². The van der Waals surface area contributed by atoms with E-state index < -0.39 is 44.6 Å². The highest BCUT2D eigenvalue weighted by atomic mass is 32.2. The van der Waals surface area contributed by atoms with Crippen molar-refractivity contribution in [1.29, 1.82) is 0 Å². The van der Waals surface area contributed by atoms with Crippen molar-refractivity contribution in [3.63, 3.8) is 0 Å². The van der Waals surface area contributed by atoms with Gasteiger partial charge in [-0.05, 0) is 6.92 Å². The third-order valence-electron chi connectivity index (χ3n) is 1.87. The third kappa shape index (κ3) is 13.6. The molecule has 0 aliphatic heterocycles. The molecule has 0 radical (unpaired) electrons. The lowest BCUT2D eigenvalue weighted by atomic mass is 10.4. The first kappa shape index (κ1) is 24.7. The Morgan fingerprint density at radius 1 is 0.957 bits per heavy atom. The van der Waals surface area contributed by atoms with E-state index in [4.69, 9.17) is 9.11 Å². The SMILES string of the molecule is COCC(C)(F)OCC(F)(F)S(=O)(=O)O.COCCS(=O)(=O)O. The molecule has 0 aliphatic carbocycles. The number of ether oxygens (including phenoxy) is 3. The van der Waals surface area contributed by atoms with Gasteiger partial charge in [0.15, 0.2) is 0 Å². The molecule has 0 aliphatic rings. The molecular weight excluding hydrogens is 373 g/mol. The number of rotatable bonds is 9. The van der Waals surface area contributed by atoms with Crippen LogP contribution in [0, 0.1) is 0 Å². The predicted molar refractivity (Wildman–Crippen MR) is 72.1 cm³/mol. The van der Waals surface area contributed by atoms with Crippen molar-refractivity contribution >= 4 is 20.2 Å². The quantitative estimate of drug-likeness (QED) is 0.532. The fourth-order valence-corrected chi connectivity index (χ4v) is 1.38. The van der Waals surface area contributed by atoms with Crippen LogP contribution in [0.3, 0.4) is 0 Å². The van der Waals surface area contributed by atoms with E-state index in [0.717, 1.165) is 14.0 Å². The molecular formula is C9H19F3O9S2. The Morgan fingerprint density at radius 3 is 1.70 bits per heavy atom. The van der Waals surface area contributed by atoms with Gasteiger partial charge in [0, 0.05) is 14.2 Å². The zero-order valence-electron chi connectivity index (χ0n) is 12.5. The lowest BCUT2D eigenvalue weighted by Gasteiger charge is -2.22. The second-order valence-corrected chi connectivity index (χ2v) is 7.33. The van der Waals surface area contributed by atoms with Crippen LogP contribution in [0.5, 0.6) is 0 Å². The summed E-state index contributed by atoms with van der Waals surface area (Å²) in [4.78, 5) is 0. The molecule has 0 heterocycles. The standard InChI is InChI=1S/C6H11F3O5S.C3H8O4S/c1-5(7,3-13-2)14-4-6(8,9)15(10,11)12;1-7-2-3-8(4,5)6/h3-4H2,1-2H3,(H,10,11,12);2-3H2,1H3,(H,4,5,6). The molecule has 0 rings (SSSR count). The summed E-state index contributed by atoms with van der Waals surface area (Å²) >= 11 is 0. The summed E-state index contributed by atoms with van der Waals surface area (Å²) in [5.74, 6) is -2.88. The lowest BCUT2D eigenvalue weighted by molar-refractivity contribution is -0.190. The molecule has 0 saturated carbocycles. The number of halogens is 3. The van der Waals surface area contributed by atoms with Crippen molar-refractivity contribution in [1.82, 2.24) is 0 Å². The topological polar surface area (TPSA) is 136 Å². The van der Waals surface area contributed by atoms with Crippen LogP contribution in [0.15, 0.2) is 0 Å².